The lowest BCUT2D eigenvalue weighted by Crippen LogP contribution is -2.32. The van der Waals surface area contributed by atoms with E-state index >= 15 is 0 Å². The summed E-state index contributed by atoms with van der Waals surface area (Å²) in [5.74, 6) is 0.573. The highest BCUT2D eigenvalue weighted by molar-refractivity contribution is 7.13. The van der Waals surface area contributed by atoms with Crippen LogP contribution in [0.25, 0.3) is 0 Å². The number of thiazole rings is 1. The Balaban J connectivity index is 2.04. The summed E-state index contributed by atoms with van der Waals surface area (Å²) in [4.78, 5) is 16.1. The third-order valence-electron chi connectivity index (χ3n) is 2.69. The number of aromatic nitrogens is 1. The Bertz CT molecular complexity index is 540. The van der Waals surface area contributed by atoms with Gasteiger partial charge < -0.3 is 4.74 Å². The number of carbonyl (C=O) groups is 1. The summed E-state index contributed by atoms with van der Waals surface area (Å²) in [6.45, 7) is 3.88. The van der Waals surface area contributed by atoms with Crippen molar-refractivity contribution in [2.75, 3.05) is 5.32 Å². The molecule has 1 aromatic carbocycles. The van der Waals surface area contributed by atoms with Crippen molar-refractivity contribution in [1.82, 2.24) is 4.98 Å². The Labute approximate surface area is 116 Å². The number of benzene rings is 1. The monoisotopic (exact) mass is 276 g/mol. The highest BCUT2D eigenvalue weighted by atomic mass is 32.1. The maximum absolute atomic E-state index is 12.1. The Morgan fingerprint density at radius 3 is 2.89 bits per heavy atom. The van der Waals surface area contributed by atoms with Crippen LogP contribution in [0.3, 0.4) is 0 Å². The van der Waals surface area contributed by atoms with E-state index in [4.69, 9.17) is 4.74 Å². The maximum atomic E-state index is 12.1. The Morgan fingerprint density at radius 1 is 1.47 bits per heavy atom. The summed E-state index contributed by atoms with van der Waals surface area (Å²) in [6.07, 6.45) is 1.75. The summed E-state index contributed by atoms with van der Waals surface area (Å²) >= 11 is 1.39. The SMILES string of the molecule is CC[C@@H](Oc1ccccc1C)C(=O)Nc1nccs1. The molecule has 1 atom stereocenters. The molecular formula is C14H16N2O2S. The van der Waals surface area contributed by atoms with E-state index in [1.807, 2.05) is 43.5 Å². The molecule has 0 bridgehead atoms. The van der Waals surface area contributed by atoms with E-state index in [0.29, 0.717) is 11.6 Å². The average molecular weight is 276 g/mol. The summed E-state index contributed by atoms with van der Waals surface area (Å²) in [6, 6.07) is 7.67. The summed E-state index contributed by atoms with van der Waals surface area (Å²) in [5.41, 5.74) is 1.02. The minimum absolute atomic E-state index is 0.166. The molecule has 0 unspecified atom stereocenters. The Morgan fingerprint density at radius 2 is 2.26 bits per heavy atom. The predicted molar refractivity (Wildman–Crippen MR) is 76.6 cm³/mol. The minimum Gasteiger partial charge on any atom is -0.480 e. The maximum Gasteiger partial charge on any atom is 0.267 e. The van der Waals surface area contributed by atoms with E-state index in [1.54, 1.807) is 6.20 Å². The summed E-state index contributed by atoms with van der Waals surface area (Å²) < 4.78 is 5.77. The summed E-state index contributed by atoms with van der Waals surface area (Å²) in [7, 11) is 0. The van der Waals surface area contributed by atoms with Crippen molar-refractivity contribution >= 4 is 22.4 Å². The average Bonchev–Trinajstić information content (AvgIpc) is 2.90. The van der Waals surface area contributed by atoms with Crippen LogP contribution in [0.5, 0.6) is 5.75 Å². The number of para-hydroxylation sites is 1. The van der Waals surface area contributed by atoms with Crippen LogP contribution in [0.2, 0.25) is 0 Å². The highest BCUT2D eigenvalue weighted by Gasteiger charge is 2.19. The zero-order valence-electron chi connectivity index (χ0n) is 10.9. The topological polar surface area (TPSA) is 51.2 Å². The molecule has 0 fully saturated rings. The third-order valence-corrected chi connectivity index (χ3v) is 3.38. The smallest absolute Gasteiger partial charge is 0.267 e. The van der Waals surface area contributed by atoms with E-state index in [-0.39, 0.29) is 5.91 Å². The van der Waals surface area contributed by atoms with Crippen molar-refractivity contribution in [2.24, 2.45) is 0 Å². The van der Waals surface area contributed by atoms with Crippen molar-refractivity contribution in [1.29, 1.82) is 0 Å². The third kappa shape index (κ3) is 3.54. The number of rotatable bonds is 5. The fourth-order valence-corrected chi connectivity index (χ4v) is 2.17. The summed E-state index contributed by atoms with van der Waals surface area (Å²) in [5, 5.41) is 5.17. The molecule has 2 rings (SSSR count). The van der Waals surface area contributed by atoms with Crippen LogP contribution in [0.15, 0.2) is 35.8 Å². The standard InChI is InChI=1S/C14H16N2O2S/c1-3-11(13(17)16-14-15-8-9-19-14)18-12-7-5-4-6-10(12)2/h4-9,11H,3H2,1-2H3,(H,15,16,17)/t11-/m1/s1. The molecule has 0 saturated carbocycles. The Kier molecular flexibility index (Phi) is 4.52. The van der Waals surface area contributed by atoms with Crippen molar-refractivity contribution in [2.45, 2.75) is 26.4 Å². The second-order valence-corrected chi connectivity index (χ2v) is 5.00. The van der Waals surface area contributed by atoms with Crippen LogP contribution in [0.1, 0.15) is 18.9 Å². The van der Waals surface area contributed by atoms with Gasteiger partial charge in [0.2, 0.25) is 0 Å². The molecule has 0 aliphatic heterocycles. The normalized spacial score (nSPS) is 11.9. The molecule has 1 amide bonds. The van der Waals surface area contributed by atoms with Crippen molar-refractivity contribution in [3.05, 3.63) is 41.4 Å². The van der Waals surface area contributed by atoms with E-state index in [9.17, 15) is 4.79 Å². The van der Waals surface area contributed by atoms with Crippen molar-refractivity contribution in [3.63, 3.8) is 0 Å². The molecule has 5 heteroatoms. The van der Waals surface area contributed by atoms with Gasteiger partial charge in [-0.2, -0.15) is 0 Å². The molecule has 19 heavy (non-hydrogen) atoms. The first kappa shape index (κ1) is 13.5. The number of ether oxygens (including phenoxy) is 1. The van der Waals surface area contributed by atoms with Crippen LogP contribution in [0, 0.1) is 6.92 Å². The molecule has 2 aromatic rings. The van der Waals surface area contributed by atoms with Crippen LogP contribution in [-0.4, -0.2) is 17.0 Å². The zero-order valence-corrected chi connectivity index (χ0v) is 11.7. The molecule has 4 nitrogen and oxygen atoms in total. The van der Waals surface area contributed by atoms with Gasteiger partial charge in [-0.05, 0) is 25.0 Å². The largest absolute Gasteiger partial charge is 0.480 e. The molecule has 100 valence electrons. The van der Waals surface area contributed by atoms with Gasteiger partial charge >= 0.3 is 0 Å². The fourth-order valence-electron chi connectivity index (χ4n) is 1.64. The molecule has 0 aliphatic rings. The first-order valence-electron chi connectivity index (χ1n) is 6.13. The van der Waals surface area contributed by atoms with E-state index in [2.05, 4.69) is 10.3 Å². The number of carbonyl (C=O) groups excluding carboxylic acids is 1. The van der Waals surface area contributed by atoms with Gasteiger partial charge in [-0.15, -0.1) is 11.3 Å². The van der Waals surface area contributed by atoms with E-state index in [1.165, 1.54) is 11.3 Å². The molecule has 1 N–H and O–H groups in total. The number of amides is 1. The van der Waals surface area contributed by atoms with Crippen molar-refractivity contribution in [3.8, 4) is 5.75 Å². The number of hydrogen-bond donors (Lipinski definition) is 1. The van der Waals surface area contributed by atoms with Gasteiger partial charge in [-0.25, -0.2) is 4.98 Å². The quantitative estimate of drug-likeness (QED) is 0.912. The number of nitrogens with one attached hydrogen (secondary N) is 1. The van der Waals surface area contributed by atoms with Crippen LogP contribution < -0.4 is 10.1 Å². The molecule has 1 aromatic heterocycles. The second kappa shape index (κ2) is 6.33. The minimum atomic E-state index is -0.509. The van der Waals surface area contributed by atoms with Gasteiger partial charge in [-0.1, -0.05) is 25.1 Å². The fraction of sp³-hybridized carbons (Fsp3) is 0.286. The first-order valence-corrected chi connectivity index (χ1v) is 7.01. The van der Waals surface area contributed by atoms with Gasteiger partial charge in [0, 0.05) is 11.6 Å². The number of nitrogens with zero attached hydrogens (tertiary/aromatic N) is 1. The number of anilines is 1. The van der Waals surface area contributed by atoms with Crippen LogP contribution in [0.4, 0.5) is 5.13 Å². The second-order valence-electron chi connectivity index (χ2n) is 4.11. The highest BCUT2D eigenvalue weighted by Crippen LogP contribution is 2.20. The Hall–Kier alpha value is -1.88. The van der Waals surface area contributed by atoms with E-state index in [0.717, 1.165) is 11.3 Å². The number of hydrogen-bond acceptors (Lipinski definition) is 4. The van der Waals surface area contributed by atoms with Gasteiger partial charge in [0.25, 0.3) is 5.91 Å². The zero-order chi connectivity index (χ0) is 13.7. The lowest BCUT2D eigenvalue weighted by molar-refractivity contribution is -0.122. The van der Waals surface area contributed by atoms with Gasteiger partial charge in [0.15, 0.2) is 11.2 Å². The van der Waals surface area contributed by atoms with Gasteiger partial charge in [0.1, 0.15) is 5.75 Å². The molecule has 0 radical (unpaired) electrons. The molecular weight excluding hydrogens is 260 g/mol. The lowest BCUT2D eigenvalue weighted by Gasteiger charge is -2.17. The number of aryl methyl sites for hydroxylation is 1. The molecule has 0 spiro atoms. The molecule has 0 aliphatic carbocycles. The van der Waals surface area contributed by atoms with Crippen LogP contribution in [-0.2, 0) is 4.79 Å². The van der Waals surface area contributed by atoms with Crippen molar-refractivity contribution < 1.29 is 9.53 Å². The molecule has 1 heterocycles. The predicted octanol–water partition coefficient (Wildman–Crippen LogP) is 3.25. The van der Waals surface area contributed by atoms with E-state index < -0.39 is 6.10 Å². The molecule has 0 saturated heterocycles. The first-order chi connectivity index (χ1) is 9.20. The van der Waals surface area contributed by atoms with Gasteiger partial charge in [-0.3, -0.25) is 10.1 Å². The van der Waals surface area contributed by atoms with Gasteiger partial charge in [0.05, 0.1) is 0 Å². The van der Waals surface area contributed by atoms with Crippen LogP contribution >= 0.6 is 11.3 Å². The lowest BCUT2D eigenvalue weighted by atomic mass is 10.2.